The number of nitriles is 1. The zero-order chi connectivity index (χ0) is 13.0. The summed E-state index contributed by atoms with van der Waals surface area (Å²) in [6.45, 7) is 2.11. The second-order valence-corrected chi connectivity index (χ2v) is 5.19. The molecule has 1 aliphatic rings. The lowest BCUT2D eigenvalue weighted by molar-refractivity contribution is 0.0713. The number of hydrogen-bond donors (Lipinski definition) is 0. The van der Waals surface area contributed by atoms with Crippen molar-refractivity contribution in [2.24, 2.45) is 0 Å². The smallest absolute Gasteiger partial charge is 0.268 e. The zero-order valence-electron chi connectivity index (χ0n) is 10.4. The van der Waals surface area contributed by atoms with Crippen LogP contribution in [0.4, 0.5) is 0 Å². The van der Waals surface area contributed by atoms with E-state index in [2.05, 4.69) is 15.7 Å². The van der Waals surface area contributed by atoms with Crippen molar-refractivity contribution in [2.75, 3.05) is 6.54 Å². The van der Waals surface area contributed by atoms with Gasteiger partial charge in [0.05, 0.1) is 11.8 Å². The molecule has 18 heavy (non-hydrogen) atoms. The fourth-order valence-corrected chi connectivity index (χ4v) is 3.10. The van der Waals surface area contributed by atoms with Gasteiger partial charge in [0, 0.05) is 6.04 Å². The van der Waals surface area contributed by atoms with Crippen molar-refractivity contribution < 1.29 is 4.79 Å². The summed E-state index contributed by atoms with van der Waals surface area (Å²) in [6.07, 6.45) is 4.98. The van der Waals surface area contributed by atoms with E-state index in [0.717, 1.165) is 42.9 Å². The van der Waals surface area contributed by atoms with Crippen LogP contribution in [0.25, 0.3) is 0 Å². The highest BCUT2D eigenvalue weighted by Crippen LogP contribution is 2.26. The summed E-state index contributed by atoms with van der Waals surface area (Å²) in [5, 5.41) is 12.9. The Balaban J connectivity index is 2.20. The van der Waals surface area contributed by atoms with Gasteiger partial charge in [-0.05, 0) is 30.8 Å². The topological polar surface area (TPSA) is 69.9 Å². The SMILES string of the molecule is CCc1nnsc1C(=O)N(CC#N)C1CCCC1. The van der Waals surface area contributed by atoms with Crippen molar-refractivity contribution >= 4 is 17.4 Å². The first-order valence-corrected chi connectivity index (χ1v) is 7.04. The monoisotopic (exact) mass is 264 g/mol. The summed E-state index contributed by atoms with van der Waals surface area (Å²) >= 11 is 1.13. The molecule has 0 unspecified atom stereocenters. The molecule has 1 heterocycles. The van der Waals surface area contributed by atoms with Crippen molar-refractivity contribution in [2.45, 2.75) is 45.1 Å². The van der Waals surface area contributed by atoms with Crippen molar-refractivity contribution in [1.29, 1.82) is 5.26 Å². The lowest BCUT2D eigenvalue weighted by Crippen LogP contribution is -2.39. The maximum atomic E-state index is 12.5. The van der Waals surface area contributed by atoms with E-state index in [0.29, 0.717) is 11.3 Å². The van der Waals surface area contributed by atoms with E-state index in [-0.39, 0.29) is 18.5 Å². The number of aryl methyl sites for hydroxylation is 1. The highest BCUT2D eigenvalue weighted by molar-refractivity contribution is 7.08. The second kappa shape index (κ2) is 5.91. The molecule has 0 aromatic carbocycles. The van der Waals surface area contributed by atoms with Crippen molar-refractivity contribution in [3.8, 4) is 6.07 Å². The van der Waals surface area contributed by atoms with Gasteiger partial charge in [-0.3, -0.25) is 4.79 Å². The second-order valence-electron chi connectivity index (χ2n) is 4.43. The first-order valence-electron chi connectivity index (χ1n) is 6.27. The molecule has 1 amide bonds. The molecule has 2 rings (SSSR count). The summed E-state index contributed by atoms with van der Waals surface area (Å²) in [5.74, 6) is -0.0738. The minimum absolute atomic E-state index is 0.0738. The van der Waals surface area contributed by atoms with E-state index in [9.17, 15) is 4.79 Å². The number of rotatable bonds is 4. The van der Waals surface area contributed by atoms with E-state index in [4.69, 9.17) is 5.26 Å². The molecular weight excluding hydrogens is 248 g/mol. The van der Waals surface area contributed by atoms with Crippen LogP contribution in [0, 0.1) is 11.3 Å². The predicted octanol–water partition coefficient (Wildman–Crippen LogP) is 2.01. The molecule has 96 valence electrons. The van der Waals surface area contributed by atoms with Gasteiger partial charge in [0.15, 0.2) is 0 Å². The Kier molecular flexibility index (Phi) is 4.26. The molecule has 1 saturated carbocycles. The third-order valence-corrected chi connectivity index (χ3v) is 4.11. The van der Waals surface area contributed by atoms with Crippen molar-refractivity contribution in [1.82, 2.24) is 14.5 Å². The summed E-state index contributed by atoms with van der Waals surface area (Å²) in [4.78, 5) is 14.8. The Morgan fingerprint density at radius 1 is 1.56 bits per heavy atom. The van der Waals surface area contributed by atoms with Gasteiger partial charge in [-0.2, -0.15) is 5.26 Å². The molecule has 6 heteroatoms. The van der Waals surface area contributed by atoms with Gasteiger partial charge in [-0.1, -0.05) is 24.3 Å². The van der Waals surface area contributed by atoms with Gasteiger partial charge in [-0.25, -0.2) is 0 Å². The van der Waals surface area contributed by atoms with Crippen LogP contribution in [0.1, 0.15) is 48.0 Å². The quantitative estimate of drug-likeness (QED) is 0.780. The van der Waals surface area contributed by atoms with Crippen molar-refractivity contribution in [3.63, 3.8) is 0 Å². The molecule has 0 aliphatic heterocycles. The normalized spacial score (nSPS) is 15.6. The molecule has 1 aromatic heterocycles. The average molecular weight is 264 g/mol. The standard InChI is InChI=1S/C12H16N4OS/c1-2-10-11(18-15-14-10)12(17)16(8-7-13)9-5-3-4-6-9/h9H,2-6,8H2,1H3. The Labute approximate surface area is 111 Å². The molecule has 1 aliphatic carbocycles. The van der Waals surface area contributed by atoms with E-state index in [1.165, 1.54) is 0 Å². The Morgan fingerprint density at radius 2 is 2.28 bits per heavy atom. The van der Waals surface area contributed by atoms with Gasteiger partial charge in [-0.15, -0.1) is 5.10 Å². The molecule has 0 radical (unpaired) electrons. The molecule has 0 spiro atoms. The van der Waals surface area contributed by atoms with Crippen LogP contribution in [0.2, 0.25) is 0 Å². The van der Waals surface area contributed by atoms with Crippen LogP contribution >= 0.6 is 11.5 Å². The predicted molar refractivity (Wildman–Crippen MR) is 68.2 cm³/mol. The molecule has 1 fully saturated rings. The third-order valence-electron chi connectivity index (χ3n) is 3.35. The van der Waals surface area contributed by atoms with Crippen LogP contribution in [0.5, 0.6) is 0 Å². The van der Waals surface area contributed by atoms with Crippen LogP contribution in [-0.4, -0.2) is 33.0 Å². The van der Waals surface area contributed by atoms with Crippen molar-refractivity contribution in [3.05, 3.63) is 10.6 Å². The zero-order valence-corrected chi connectivity index (χ0v) is 11.2. The summed E-state index contributed by atoms with van der Waals surface area (Å²) in [5.41, 5.74) is 0.742. The number of carbonyl (C=O) groups excluding carboxylic acids is 1. The lowest BCUT2D eigenvalue weighted by atomic mass is 10.2. The Bertz CT molecular complexity index is 459. The molecule has 0 saturated heterocycles. The van der Waals surface area contributed by atoms with Crippen LogP contribution in [0.3, 0.4) is 0 Å². The van der Waals surface area contributed by atoms with E-state index >= 15 is 0 Å². The fraction of sp³-hybridized carbons (Fsp3) is 0.667. The maximum absolute atomic E-state index is 12.5. The van der Waals surface area contributed by atoms with E-state index in [1.807, 2.05) is 6.92 Å². The maximum Gasteiger partial charge on any atom is 0.268 e. The first-order chi connectivity index (χ1) is 8.77. The molecule has 1 aromatic rings. The van der Waals surface area contributed by atoms with Gasteiger partial charge >= 0.3 is 0 Å². The van der Waals surface area contributed by atoms with Crippen LogP contribution in [-0.2, 0) is 6.42 Å². The Morgan fingerprint density at radius 3 is 2.89 bits per heavy atom. The van der Waals surface area contributed by atoms with Gasteiger partial charge in [0.25, 0.3) is 5.91 Å². The molecule has 0 atom stereocenters. The first kappa shape index (κ1) is 13.0. The van der Waals surface area contributed by atoms with E-state index in [1.54, 1.807) is 4.90 Å². The largest absolute Gasteiger partial charge is 0.322 e. The fourth-order valence-electron chi connectivity index (χ4n) is 2.39. The number of hydrogen-bond acceptors (Lipinski definition) is 5. The third kappa shape index (κ3) is 2.51. The minimum Gasteiger partial charge on any atom is -0.322 e. The minimum atomic E-state index is -0.0738. The summed E-state index contributed by atoms with van der Waals surface area (Å²) < 4.78 is 3.84. The number of carbonyl (C=O) groups is 1. The molecule has 5 nitrogen and oxygen atoms in total. The number of aromatic nitrogens is 2. The van der Waals surface area contributed by atoms with Gasteiger partial charge in [0.1, 0.15) is 11.4 Å². The lowest BCUT2D eigenvalue weighted by Gasteiger charge is -2.25. The van der Waals surface area contributed by atoms with Crippen LogP contribution < -0.4 is 0 Å². The summed E-state index contributed by atoms with van der Waals surface area (Å²) in [6, 6.07) is 2.31. The van der Waals surface area contributed by atoms with Crippen LogP contribution in [0.15, 0.2) is 0 Å². The molecule has 0 bridgehead atoms. The van der Waals surface area contributed by atoms with Gasteiger partial charge in [0.2, 0.25) is 0 Å². The highest BCUT2D eigenvalue weighted by atomic mass is 32.1. The highest BCUT2D eigenvalue weighted by Gasteiger charge is 2.29. The van der Waals surface area contributed by atoms with Gasteiger partial charge < -0.3 is 4.90 Å². The summed E-state index contributed by atoms with van der Waals surface area (Å²) in [7, 11) is 0. The molecule has 0 N–H and O–H groups in total. The van der Waals surface area contributed by atoms with E-state index < -0.39 is 0 Å². The molecular formula is C12H16N4OS. The number of amides is 1. The Hall–Kier alpha value is -1.48. The number of nitrogens with zero attached hydrogens (tertiary/aromatic N) is 4. The average Bonchev–Trinajstić information content (AvgIpc) is 3.05.